The van der Waals surface area contributed by atoms with Crippen LogP contribution in [0, 0.1) is 0 Å². The largest absolute Gasteiger partial charge is 0.309 e. The topological polar surface area (TPSA) is 29.9 Å². The van der Waals surface area contributed by atoms with Crippen molar-refractivity contribution in [1.29, 1.82) is 0 Å². The highest BCUT2D eigenvalue weighted by Crippen LogP contribution is 2.08. The first-order chi connectivity index (χ1) is 7.11. The molecule has 0 fully saturated rings. The number of hydrogen-bond donors (Lipinski definition) is 1. The predicted molar refractivity (Wildman–Crippen MR) is 63.8 cm³/mol. The van der Waals surface area contributed by atoms with Gasteiger partial charge in [0.25, 0.3) is 0 Å². The van der Waals surface area contributed by atoms with Crippen molar-refractivity contribution < 1.29 is 0 Å². The third-order valence-electron chi connectivity index (χ3n) is 2.62. The summed E-state index contributed by atoms with van der Waals surface area (Å²) < 4.78 is 1.99. The standard InChI is InChI=1S/C12H21N3/c1-10(2)6-8-13-11(3)12(4)15-9-5-7-14-15/h5-7,9,11-13H,8H2,1-4H3/t11-,12+/m1/s1. The molecule has 0 amide bonds. The van der Waals surface area contributed by atoms with E-state index in [-0.39, 0.29) is 0 Å². The molecule has 0 radical (unpaired) electrons. The minimum absolute atomic E-state index is 0.380. The van der Waals surface area contributed by atoms with E-state index < -0.39 is 0 Å². The minimum Gasteiger partial charge on any atom is -0.309 e. The van der Waals surface area contributed by atoms with Crippen LogP contribution in [0.5, 0.6) is 0 Å². The SMILES string of the molecule is CC(C)=CCN[C@H](C)[C@H](C)n1cccn1. The molecule has 1 aromatic rings. The van der Waals surface area contributed by atoms with Gasteiger partial charge in [-0.3, -0.25) is 4.68 Å². The monoisotopic (exact) mass is 207 g/mol. The van der Waals surface area contributed by atoms with Crippen LogP contribution in [0.3, 0.4) is 0 Å². The Kier molecular flexibility index (Phi) is 4.56. The van der Waals surface area contributed by atoms with E-state index in [9.17, 15) is 0 Å². The summed E-state index contributed by atoms with van der Waals surface area (Å²) in [6.07, 6.45) is 6.02. The number of nitrogens with one attached hydrogen (secondary N) is 1. The van der Waals surface area contributed by atoms with Crippen molar-refractivity contribution in [2.75, 3.05) is 6.54 Å². The van der Waals surface area contributed by atoms with E-state index >= 15 is 0 Å². The van der Waals surface area contributed by atoms with Gasteiger partial charge in [0.2, 0.25) is 0 Å². The second kappa shape index (κ2) is 5.71. The maximum Gasteiger partial charge on any atom is 0.0641 e. The van der Waals surface area contributed by atoms with Crippen molar-refractivity contribution in [3.63, 3.8) is 0 Å². The van der Waals surface area contributed by atoms with Crippen LogP contribution in [0.1, 0.15) is 33.7 Å². The lowest BCUT2D eigenvalue weighted by atomic mass is 10.1. The molecule has 0 aliphatic carbocycles. The van der Waals surface area contributed by atoms with Crippen LogP contribution >= 0.6 is 0 Å². The van der Waals surface area contributed by atoms with Crippen LogP contribution in [-0.4, -0.2) is 22.4 Å². The first-order valence-corrected chi connectivity index (χ1v) is 5.47. The molecule has 3 heteroatoms. The minimum atomic E-state index is 0.380. The van der Waals surface area contributed by atoms with Crippen LogP contribution in [0.15, 0.2) is 30.1 Å². The van der Waals surface area contributed by atoms with Crippen molar-refractivity contribution in [3.8, 4) is 0 Å². The molecule has 0 saturated heterocycles. The van der Waals surface area contributed by atoms with E-state index in [0.29, 0.717) is 12.1 Å². The molecule has 2 atom stereocenters. The van der Waals surface area contributed by atoms with E-state index in [1.54, 1.807) is 0 Å². The van der Waals surface area contributed by atoms with Gasteiger partial charge in [0.1, 0.15) is 0 Å². The van der Waals surface area contributed by atoms with Crippen LogP contribution < -0.4 is 5.32 Å². The average molecular weight is 207 g/mol. The zero-order chi connectivity index (χ0) is 11.3. The van der Waals surface area contributed by atoms with Crippen molar-refractivity contribution in [3.05, 3.63) is 30.1 Å². The first-order valence-electron chi connectivity index (χ1n) is 5.47. The first kappa shape index (κ1) is 12.0. The Morgan fingerprint density at radius 3 is 2.73 bits per heavy atom. The van der Waals surface area contributed by atoms with Gasteiger partial charge in [0.15, 0.2) is 0 Å². The molecule has 1 rings (SSSR count). The Hall–Kier alpha value is -1.09. The highest BCUT2D eigenvalue weighted by atomic mass is 15.3. The Balaban J connectivity index is 2.40. The number of rotatable bonds is 5. The highest BCUT2D eigenvalue weighted by Gasteiger charge is 2.12. The lowest BCUT2D eigenvalue weighted by Crippen LogP contribution is -2.34. The molecule has 1 N–H and O–H groups in total. The average Bonchev–Trinajstić information content (AvgIpc) is 2.68. The van der Waals surface area contributed by atoms with Gasteiger partial charge in [-0.1, -0.05) is 11.6 Å². The summed E-state index contributed by atoms with van der Waals surface area (Å²) in [5.74, 6) is 0. The Bertz CT molecular complexity index is 297. The Morgan fingerprint density at radius 2 is 2.20 bits per heavy atom. The summed E-state index contributed by atoms with van der Waals surface area (Å²) in [5.41, 5.74) is 1.35. The molecule has 0 bridgehead atoms. The van der Waals surface area contributed by atoms with E-state index in [1.807, 2.05) is 23.1 Å². The zero-order valence-electron chi connectivity index (χ0n) is 10.1. The fraction of sp³-hybridized carbons (Fsp3) is 0.583. The maximum absolute atomic E-state index is 4.24. The molecule has 0 spiro atoms. The molecule has 0 aliphatic rings. The van der Waals surface area contributed by atoms with Crippen molar-refractivity contribution in [2.45, 2.75) is 39.8 Å². The van der Waals surface area contributed by atoms with Gasteiger partial charge in [-0.05, 0) is 33.8 Å². The number of aromatic nitrogens is 2. The van der Waals surface area contributed by atoms with Gasteiger partial charge in [0.05, 0.1) is 6.04 Å². The third kappa shape index (κ3) is 3.88. The van der Waals surface area contributed by atoms with Gasteiger partial charge in [-0.25, -0.2) is 0 Å². The van der Waals surface area contributed by atoms with Crippen LogP contribution in [0.2, 0.25) is 0 Å². The zero-order valence-corrected chi connectivity index (χ0v) is 10.1. The van der Waals surface area contributed by atoms with E-state index in [1.165, 1.54) is 5.57 Å². The highest BCUT2D eigenvalue weighted by molar-refractivity contribution is 4.95. The summed E-state index contributed by atoms with van der Waals surface area (Å²) in [7, 11) is 0. The predicted octanol–water partition coefficient (Wildman–Crippen LogP) is 2.39. The summed E-state index contributed by atoms with van der Waals surface area (Å²) in [4.78, 5) is 0. The maximum atomic E-state index is 4.24. The molecule has 0 unspecified atom stereocenters. The molecule has 1 aromatic heterocycles. The quantitative estimate of drug-likeness (QED) is 0.751. The fourth-order valence-corrected chi connectivity index (χ4v) is 1.37. The Labute approximate surface area is 92.2 Å². The van der Waals surface area contributed by atoms with Gasteiger partial charge >= 0.3 is 0 Å². The van der Waals surface area contributed by atoms with Gasteiger partial charge in [0, 0.05) is 25.0 Å². The molecule has 84 valence electrons. The van der Waals surface area contributed by atoms with Gasteiger partial charge < -0.3 is 5.32 Å². The van der Waals surface area contributed by atoms with Crippen molar-refractivity contribution in [1.82, 2.24) is 15.1 Å². The van der Waals surface area contributed by atoms with Crippen LogP contribution in [0.4, 0.5) is 0 Å². The third-order valence-corrected chi connectivity index (χ3v) is 2.62. The summed E-state index contributed by atoms with van der Waals surface area (Å²) >= 11 is 0. The second-order valence-corrected chi connectivity index (χ2v) is 4.21. The normalized spacial score (nSPS) is 14.7. The molecular weight excluding hydrogens is 186 g/mol. The molecule has 0 aromatic carbocycles. The molecular formula is C12H21N3. The summed E-state index contributed by atoms with van der Waals surface area (Å²) in [5, 5.41) is 7.71. The lowest BCUT2D eigenvalue weighted by Gasteiger charge is -2.21. The number of nitrogens with zero attached hydrogens (tertiary/aromatic N) is 2. The fourth-order valence-electron chi connectivity index (χ4n) is 1.37. The van der Waals surface area contributed by atoms with Crippen molar-refractivity contribution in [2.24, 2.45) is 0 Å². The van der Waals surface area contributed by atoms with Gasteiger partial charge in [-0.15, -0.1) is 0 Å². The Morgan fingerprint density at radius 1 is 1.47 bits per heavy atom. The second-order valence-electron chi connectivity index (χ2n) is 4.21. The number of hydrogen-bond acceptors (Lipinski definition) is 2. The van der Waals surface area contributed by atoms with E-state index in [4.69, 9.17) is 0 Å². The smallest absolute Gasteiger partial charge is 0.0641 e. The van der Waals surface area contributed by atoms with Crippen LogP contribution in [0.25, 0.3) is 0 Å². The summed E-state index contributed by atoms with van der Waals surface area (Å²) in [6.45, 7) is 9.51. The lowest BCUT2D eigenvalue weighted by molar-refractivity contribution is 0.376. The summed E-state index contributed by atoms with van der Waals surface area (Å²) in [6, 6.07) is 2.75. The molecule has 1 heterocycles. The van der Waals surface area contributed by atoms with Crippen molar-refractivity contribution >= 4 is 0 Å². The van der Waals surface area contributed by atoms with E-state index in [0.717, 1.165) is 6.54 Å². The molecule has 15 heavy (non-hydrogen) atoms. The molecule has 0 aliphatic heterocycles. The van der Waals surface area contributed by atoms with Gasteiger partial charge in [-0.2, -0.15) is 5.10 Å². The molecule has 3 nitrogen and oxygen atoms in total. The van der Waals surface area contributed by atoms with E-state index in [2.05, 4.69) is 44.2 Å². The number of allylic oxidation sites excluding steroid dienone is 1. The molecule has 0 saturated carbocycles. The van der Waals surface area contributed by atoms with Crippen LogP contribution in [-0.2, 0) is 0 Å².